The van der Waals surface area contributed by atoms with Gasteiger partial charge in [-0.2, -0.15) is 0 Å². The smallest absolute Gasteiger partial charge is 0.315 e. The fourth-order valence-electron chi connectivity index (χ4n) is 2.96. The molecule has 2 aliphatic rings. The van der Waals surface area contributed by atoms with Gasteiger partial charge in [0.2, 0.25) is 0 Å². The Hall–Kier alpha value is -1.75. The van der Waals surface area contributed by atoms with Gasteiger partial charge in [-0.15, -0.1) is 0 Å². The molecule has 2 fully saturated rings. The van der Waals surface area contributed by atoms with Crippen LogP contribution in [-0.2, 0) is 0 Å². The molecule has 5 heteroatoms. The maximum Gasteiger partial charge on any atom is 0.315 e. The van der Waals surface area contributed by atoms with Crippen molar-refractivity contribution in [2.45, 2.75) is 44.2 Å². The number of para-hydroxylation sites is 1. The van der Waals surface area contributed by atoms with E-state index in [9.17, 15) is 9.90 Å². The van der Waals surface area contributed by atoms with Crippen molar-refractivity contribution < 1.29 is 14.6 Å². The van der Waals surface area contributed by atoms with E-state index in [1.165, 1.54) is 0 Å². The molecule has 0 saturated heterocycles. The number of nitrogens with one attached hydrogen (secondary N) is 2. The molecular formula is C17H24N2O3. The van der Waals surface area contributed by atoms with Gasteiger partial charge in [-0.3, -0.25) is 0 Å². The van der Waals surface area contributed by atoms with Gasteiger partial charge in [0.1, 0.15) is 11.9 Å². The second-order valence-corrected chi connectivity index (χ2v) is 6.49. The van der Waals surface area contributed by atoms with Gasteiger partial charge in [0.05, 0.1) is 12.6 Å². The van der Waals surface area contributed by atoms with Crippen LogP contribution in [0.4, 0.5) is 4.79 Å². The van der Waals surface area contributed by atoms with Crippen LogP contribution in [-0.4, -0.2) is 36.4 Å². The van der Waals surface area contributed by atoms with Crippen molar-refractivity contribution in [1.29, 1.82) is 0 Å². The average molecular weight is 304 g/mol. The third-order valence-electron chi connectivity index (χ3n) is 4.72. The average Bonchev–Trinajstić information content (AvgIpc) is 3.22. The molecule has 0 spiro atoms. The Morgan fingerprint density at radius 1 is 1.27 bits per heavy atom. The SMILES string of the molecule is O=C(NCC1(CO)CC1)N[C@@H]1CCC[C@@H]1Oc1ccccc1. The summed E-state index contributed by atoms with van der Waals surface area (Å²) in [6, 6.07) is 9.62. The van der Waals surface area contributed by atoms with E-state index in [2.05, 4.69) is 10.6 Å². The van der Waals surface area contributed by atoms with E-state index in [1.54, 1.807) is 0 Å². The summed E-state index contributed by atoms with van der Waals surface area (Å²) in [5.41, 5.74) is -0.0625. The topological polar surface area (TPSA) is 70.6 Å². The van der Waals surface area contributed by atoms with Gasteiger partial charge in [0.25, 0.3) is 0 Å². The highest BCUT2D eigenvalue weighted by Crippen LogP contribution is 2.44. The highest BCUT2D eigenvalue weighted by atomic mass is 16.5. The number of hydrogen-bond donors (Lipinski definition) is 3. The van der Waals surface area contributed by atoms with Crippen molar-refractivity contribution in [3.63, 3.8) is 0 Å². The minimum Gasteiger partial charge on any atom is -0.488 e. The summed E-state index contributed by atoms with van der Waals surface area (Å²) < 4.78 is 5.99. The number of carbonyl (C=O) groups is 1. The zero-order valence-electron chi connectivity index (χ0n) is 12.8. The van der Waals surface area contributed by atoms with Gasteiger partial charge in [-0.25, -0.2) is 4.79 Å². The van der Waals surface area contributed by atoms with E-state index in [0.29, 0.717) is 6.54 Å². The van der Waals surface area contributed by atoms with Crippen molar-refractivity contribution in [2.75, 3.05) is 13.2 Å². The molecule has 0 radical (unpaired) electrons. The Kier molecular flexibility index (Phi) is 4.52. The maximum atomic E-state index is 12.0. The number of ether oxygens (including phenoxy) is 1. The highest BCUT2D eigenvalue weighted by molar-refractivity contribution is 5.74. The minimum atomic E-state index is -0.159. The molecule has 2 atom stereocenters. The summed E-state index contributed by atoms with van der Waals surface area (Å²) in [5.74, 6) is 0.846. The number of urea groups is 1. The van der Waals surface area contributed by atoms with Crippen LogP contribution in [0.25, 0.3) is 0 Å². The Morgan fingerprint density at radius 2 is 2.05 bits per heavy atom. The summed E-state index contributed by atoms with van der Waals surface area (Å²) in [6.45, 7) is 0.697. The zero-order chi connectivity index (χ0) is 15.4. The maximum absolute atomic E-state index is 12.0. The number of aliphatic hydroxyl groups is 1. The van der Waals surface area contributed by atoms with Gasteiger partial charge < -0.3 is 20.5 Å². The largest absolute Gasteiger partial charge is 0.488 e. The predicted octanol–water partition coefficient (Wildman–Crippen LogP) is 2.06. The van der Waals surface area contributed by atoms with Crippen LogP contribution < -0.4 is 15.4 Å². The molecule has 22 heavy (non-hydrogen) atoms. The molecule has 0 bridgehead atoms. The lowest BCUT2D eigenvalue weighted by molar-refractivity contribution is 0.170. The Morgan fingerprint density at radius 3 is 2.73 bits per heavy atom. The summed E-state index contributed by atoms with van der Waals surface area (Å²) in [6.07, 6.45) is 4.97. The van der Waals surface area contributed by atoms with E-state index in [-0.39, 0.29) is 30.2 Å². The van der Waals surface area contributed by atoms with Gasteiger partial charge in [0, 0.05) is 12.0 Å². The van der Waals surface area contributed by atoms with Gasteiger partial charge >= 0.3 is 6.03 Å². The molecule has 1 aromatic rings. The molecule has 1 aromatic carbocycles. The highest BCUT2D eigenvalue weighted by Gasteiger charge is 2.42. The lowest BCUT2D eigenvalue weighted by Crippen LogP contribution is -2.48. The molecule has 120 valence electrons. The molecule has 0 unspecified atom stereocenters. The molecule has 3 N–H and O–H groups in total. The van der Waals surface area contributed by atoms with E-state index in [4.69, 9.17) is 4.74 Å². The molecule has 0 heterocycles. The number of carbonyl (C=O) groups excluding carboxylic acids is 1. The van der Waals surface area contributed by atoms with Crippen molar-refractivity contribution in [1.82, 2.24) is 10.6 Å². The molecule has 2 amide bonds. The van der Waals surface area contributed by atoms with Crippen LogP contribution in [0.2, 0.25) is 0 Å². The Bertz CT molecular complexity index is 502. The molecular weight excluding hydrogens is 280 g/mol. The van der Waals surface area contributed by atoms with Crippen molar-refractivity contribution in [2.24, 2.45) is 5.41 Å². The minimum absolute atomic E-state index is 0.0286. The standard InChI is InChI=1S/C17H24N2O3/c20-12-17(9-10-17)11-18-16(21)19-14-7-4-8-15(14)22-13-5-2-1-3-6-13/h1-3,5-6,14-15,20H,4,7-12H2,(H2,18,19,21)/t14-,15+/m1/s1. The summed E-state index contributed by atoms with van der Waals surface area (Å²) in [7, 11) is 0. The monoisotopic (exact) mass is 304 g/mol. The van der Waals surface area contributed by atoms with Crippen LogP contribution in [0.15, 0.2) is 30.3 Å². The van der Waals surface area contributed by atoms with Gasteiger partial charge in [-0.05, 0) is 44.2 Å². The fourth-order valence-corrected chi connectivity index (χ4v) is 2.96. The summed E-state index contributed by atoms with van der Waals surface area (Å²) in [4.78, 5) is 12.0. The summed E-state index contributed by atoms with van der Waals surface area (Å²) in [5, 5.41) is 15.2. The van der Waals surface area contributed by atoms with Crippen LogP contribution >= 0.6 is 0 Å². The van der Waals surface area contributed by atoms with E-state index < -0.39 is 0 Å². The molecule has 0 aromatic heterocycles. The predicted molar refractivity (Wildman–Crippen MR) is 83.8 cm³/mol. The van der Waals surface area contributed by atoms with Crippen molar-refractivity contribution >= 4 is 6.03 Å². The second-order valence-electron chi connectivity index (χ2n) is 6.49. The first kappa shape index (κ1) is 15.2. The molecule has 2 saturated carbocycles. The molecule has 5 nitrogen and oxygen atoms in total. The second kappa shape index (κ2) is 6.57. The summed E-state index contributed by atoms with van der Waals surface area (Å²) >= 11 is 0. The molecule has 2 aliphatic carbocycles. The lowest BCUT2D eigenvalue weighted by Gasteiger charge is -2.23. The van der Waals surface area contributed by atoms with Crippen molar-refractivity contribution in [3.05, 3.63) is 30.3 Å². The van der Waals surface area contributed by atoms with Crippen LogP contribution in [0, 0.1) is 5.41 Å². The first-order valence-electron chi connectivity index (χ1n) is 8.08. The third-order valence-corrected chi connectivity index (χ3v) is 4.72. The Balaban J connectivity index is 1.47. The van der Waals surface area contributed by atoms with Crippen LogP contribution in [0.3, 0.4) is 0 Å². The van der Waals surface area contributed by atoms with Crippen LogP contribution in [0.5, 0.6) is 5.75 Å². The Labute approximate surface area is 131 Å². The van der Waals surface area contributed by atoms with Gasteiger partial charge in [0.15, 0.2) is 0 Å². The van der Waals surface area contributed by atoms with E-state index in [1.807, 2.05) is 30.3 Å². The number of hydrogen-bond acceptors (Lipinski definition) is 3. The van der Waals surface area contributed by atoms with E-state index >= 15 is 0 Å². The fraction of sp³-hybridized carbons (Fsp3) is 0.588. The normalized spacial score (nSPS) is 25.5. The van der Waals surface area contributed by atoms with Gasteiger partial charge in [-0.1, -0.05) is 18.2 Å². The number of aliphatic hydroxyl groups excluding tert-OH is 1. The first-order chi connectivity index (χ1) is 10.7. The zero-order valence-corrected chi connectivity index (χ0v) is 12.8. The van der Waals surface area contributed by atoms with Crippen LogP contribution in [0.1, 0.15) is 32.1 Å². The molecule has 3 rings (SSSR count). The van der Waals surface area contributed by atoms with E-state index in [0.717, 1.165) is 37.9 Å². The third kappa shape index (κ3) is 3.71. The number of amides is 2. The lowest BCUT2D eigenvalue weighted by atomic mass is 10.1. The first-order valence-corrected chi connectivity index (χ1v) is 8.08. The molecule has 0 aliphatic heterocycles. The number of benzene rings is 1. The van der Waals surface area contributed by atoms with Crippen molar-refractivity contribution in [3.8, 4) is 5.75 Å². The quantitative estimate of drug-likeness (QED) is 0.753. The number of rotatable bonds is 6.